The van der Waals surface area contributed by atoms with Crippen molar-refractivity contribution in [1.29, 1.82) is 0 Å². The molecule has 60 heavy (non-hydrogen) atoms. The average Bonchev–Trinajstić information content (AvgIpc) is 3.68. The van der Waals surface area contributed by atoms with Crippen molar-refractivity contribution in [3.8, 4) is 0 Å². The van der Waals surface area contributed by atoms with E-state index < -0.39 is 16.4 Å². The van der Waals surface area contributed by atoms with E-state index in [1.54, 1.807) is 11.3 Å². The largest absolute Gasteiger partial charge is 0.509 e. The average molecular weight is 814 g/mol. The van der Waals surface area contributed by atoms with Gasteiger partial charge < -0.3 is 25.2 Å². The lowest BCUT2D eigenvalue weighted by atomic mass is 9.27. The van der Waals surface area contributed by atoms with E-state index in [0.29, 0.717) is 72.8 Å². The number of aryl methyl sites for hydroxylation is 1. The van der Waals surface area contributed by atoms with Gasteiger partial charge >= 0.3 is 11.9 Å². The molecule has 5 fully saturated rings. The van der Waals surface area contributed by atoms with Crippen molar-refractivity contribution in [2.24, 2.45) is 63.4 Å². The van der Waals surface area contributed by atoms with E-state index in [9.17, 15) is 9.90 Å². The molecule has 8 nitrogen and oxygen atoms in total. The fraction of sp³-hybridized carbons (Fsp3) is 0.692. The van der Waals surface area contributed by atoms with Gasteiger partial charge in [-0.1, -0.05) is 69.5 Å². The van der Waals surface area contributed by atoms with Gasteiger partial charge in [-0.05, 0) is 142 Å². The van der Waals surface area contributed by atoms with Gasteiger partial charge in [0.05, 0.1) is 11.0 Å². The molecule has 320 valence electrons. The van der Waals surface area contributed by atoms with Gasteiger partial charge in [-0.2, -0.15) is 0 Å². The molecule has 3 saturated heterocycles. The second kappa shape index (κ2) is 12.9. The first-order valence-electron chi connectivity index (χ1n) is 24.2. The molecule has 1 aromatic rings. The Labute approximate surface area is 357 Å². The lowest BCUT2D eigenvalue weighted by Gasteiger charge is -2.73. The zero-order chi connectivity index (χ0) is 41.2. The van der Waals surface area contributed by atoms with Gasteiger partial charge in [-0.3, -0.25) is 9.69 Å². The molecule has 5 aliphatic carbocycles. The summed E-state index contributed by atoms with van der Waals surface area (Å²) in [5.74, 6) is 2.66. The van der Waals surface area contributed by atoms with Gasteiger partial charge in [0.15, 0.2) is 11.4 Å². The lowest BCUT2D eigenvalue weighted by molar-refractivity contribution is -0.283. The molecular formula is C52H67N3O5. The third kappa shape index (κ3) is 4.56. The maximum absolute atomic E-state index is 16.0. The third-order valence-corrected chi connectivity index (χ3v) is 19.2. The Bertz CT molecular complexity index is 2230. The topological polar surface area (TPSA) is 105 Å². The number of nitrogens with two attached hydrogens (primary N) is 1. The minimum absolute atomic E-state index is 0.0715. The summed E-state index contributed by atoms with van der Waals surface area (Å²) in [7, 11) is 0. The standard InChI is InChI=1S/C52H67N3O5/c1-28(2)13-16-49(5)17-14-33-23-37-29(3)20-34-11-12-39-35-22-31-25-54(27-35)30(4)21-40(56)46-50-18-15-36(43(37)45(34)55(39)26-31)44(33)51(50,48(58)59-46)41(24-49)52(50)38-10-6-8-32(9-7-19-53)42(38)47(57)60-52/h6,8,10,23,28-31,35,37,39,41,43,56H,7,9,11-22,24-27,53H2,1-5H3/b46-40+/t29-,30-,31+,35-,37+,39-,41-,43+,49+,50+,51+,52+/m0/s1. The highest BCUT2D eigenvalue weighted by Crippen LogP contribution is 2.88. The number of nitrogens with zero attached hydrogens (tertiary/aromatic N) is 2. The maximum atomic E-state index is 16.0. The van der Waals surface area contributed by atoms with Crippen LogP contribution in [-0.2, 0) is 26.3 Å². The first kappa shape index (κ1) is 38.3. The zero-order valence-electron chi connectivity index (χ0n) is 36.8. The van der Waals surface area contributed by atoms with Gasteiger partial charge in [-0.15, -0.1) is 0 Å². The van der Waals surface area contributed by atoms with Crippen molar-refractivity contribution in [2.45, 2.75) is 142 Å². The van der Waals surface area contributed by atoms with E-state index in [-0.39, 0.29) is 41.0 Å². The number of fused-ring (bicyclic) bond motifs is 3. The van der Waals surface area contributed by atoms with Crippen molar-refractivity contribution < 1.29 is 24.2 Å². The van der Waals surface area contributed by atoms with E-state index in [1.165, 1.54) is 42.4 Å². The summed E-state index contributed by atoms with van der Waals surface area (Å²) >= 11 is 0. The summed E-state index contributed by atoms with van der Waals surface area (Å²) in [6, 6.07) is 6.91. The smallest absolute Gasteiger partial charge is 0.339 e. The molecule has 12 bridgehead atoms. The number of carbonyl (C=O) groups excluding carboxylic acids is 2. The Morgan fingerprint density at radius 2 is 1.90 bits per heavy atom. The number of rotatable bonds is 6. The van der Waals surface area contributed by atoms with Crippen molar-refractivity contribution in [3.05, 3.63) is 80.5 Å². The molecule has 15 rings (SSSR count). The molecule has 0 amide bonds. The second-order valence-corrected chi connectivity index (χ2v) is 22.7. The first-order chi connectivity index (χ1) is 28.9. The molecule has 0 radical (unpaired) electrons. The quantitative estimate of drug-likeness (QED) is 0.274. The van der Waals surface area contributed by atoms with Crippen LogP contribution in [0.2, 0.25) is 0 Å². The monoisotopic (exact) mass is 814 g/mol. The van der Waals surface area contributed by atoms with Crippen molar-refractivity contribution in [2.75, 3.05) is 26.2 Å². The molecule has 13 atom stereocenters. The number of aliphatic hydroxyl groups is 1. The minimum Gasteiger partial charge on any atom is -0.509 e. The summed E-state index contributed by atoms with van der Waals surface area (Å²) in [6.07, 6.45) is 15.7. The molecular weight excluding hydrogens is 747 g/mol. The lowest BCUT2D eigenvalue weighted by Crippen LogP contribution is -2.78. The summed E-state index contributed by atoms with van der Waals surface area (Å²) in [6.45, 7) is 15.6. The van der Waals surface area contributed by atoms with Gasteiger partial charge in [0, 0.05) is 61.2 Å². The highest BCUT2D eigenvalue weighted by molar-refractivity contribution is 6.01. The number of allylic oxidation sites excluding steroid dienone is 4. The zero-order valence-corrected chi connectivity index (χ0v) is 36.8. The first-order valence-corrected chi connectivity index (χ1v) is 24.2. The van der Waals surface area contributed by atoms with Crippen molar-refractivity contribution in [3.63, 3.8) is 0 Å². The minimum atomic E-state index is -1.15. The summed E-state index contributed by atoms with van der Waals surface area (Å²) in [5, 5.41) is 12.9. The van der Waals surface area contributed by atoms with E-state index in [4.69, 9.17) is 15.2 Å². The molecule has 1 aromatic carbocycles. The normalized spacial score (nSPS) is 45.4. The van der Waals surface area contributed by atoms with Gasteiger partial charge in [-0.25, -0.2) is 4.79 Å². The Morgan fingerprint density at radius 3 is 2.72 bits per heavy atom. The predicted octanol–water partition coefficient (Wildman–Crippen LogP) is 9.26. The van der Waals surface area contributed by atoms with E-state index >= 15 is 4.79 Å². The van der Waals surface area contributed by atoms with Gasteiger partial charge in [0.25, 0.3) is 0 Å². The van der Waals surface area contributed by atoms with E-state index in [2.05, 4.69) is 68.7 Å². The number of hydrogen-bond donors (Lipinski definition) is 2. The van der Waals surface area contributed by atoms with Crippen LogP contribution >= 0.6 is 0 Å². The molecule has 14 aliphatic rings. The number of carbonyl (C=O) groups is 2. The van der Waals surface area contributed by atoms with Crippen molar-refractivity contribution in [1.82, 2.24) is 9.80 Å². The van der Waals surface area contributed by atoms with Crippen molar-refractivity contribution >= 4 is 11.9 Å². The Kier molecular flexibility index (Phi) is 8.22. The van der Waals surface area contributed by atoms with E-state index in [0.717, 1.165) is 75.7 Å². The number of esters is 2. The third-order valence-electron chi connectivity index (χ3n) is 19.2. The highest BCUT2D eigenvalue weighted by Gasteiger charge is 2.94. The van der Waals surface area contributed by atoms with Crippen LogP contribution in [0.1, 0.15) is 140 Å². The van der Waals surface area contributed by atoms with E-state index in [1.807, 2.05) is 0 Å². The number of piperidine rings is 2. The van der Waals surface area contributed by atoms with Crippen LogP contribution in [0.4, 0.5) is 0 Å². The Morgan fingerprint density at radius 1 is 1.05 bits per heavy atom. The van der Waals surface area contributed by atoms with Crippen LogP contribution in [0, 0.1) is 57.7 Å². The van der Waals surface area contributed by atoms with Gasteiger partial charge in [0.2, 0.25) is 0 Å². The molecule has 3 N–H and O–H groups in total. The fourth-order valence-electron chi connectivity index (χ4n) is 16.8. The van der Waals surface area contributed by atoms with Crippen LogP contribution in [0.3, 0.4) is 0 Å². The number of aliphatic hydroxyl groups excluding tert-OH is 1. The molecule has 0 aromatic heterocycles. The fourth-order valence-corrected chi connectivity index (χ4v) is 16.8. The molecule has 8 heteroatoms. The summed E-state index contributed by atoms with van der Waals surface area (Å²) in [4.78, 5) is 36.5. The molecule has 2 saturated carbocycles. The Balaban J connectivity index is 1.17. The van der Waals surface area contributed by atoms with Crippen LogP contribution in [0.15, 0.2) is 63.8 Å². The molecule has 1 unspecified atom stereocenters. The van der Waals surface area contributed by atoms with Crippen LogP contribution in [0.25, 0.3) is 0 Å². The SMILES string of the molecule is CC(C)CC[C@]1(C)CCC2=C[C@H]3[C@H]4C5=C2[C@]26C(=O)O/C(=C(/O)C[C@H](C)N7C[C@H]8C[C@@H](C7)[C@@H]7CCC(=C4N7C8)C[C@@H]3C)[C@@]2(CC5)[C@]2(OC(=O)c3c(CCCN)cccc32)[C@H]6C1. The second-order valence-electron chi connectivity index (χ2n) is 22.7. The number of benzene rings is 1. The van der Waals surface area contributed by atoms with Crippen LogP contribution in [0.5, 0.6) is 0 Å². The summed E-state index contributed by atoms with van der Waals surface area (Å²) < 4.78 is 14.1. The van der Waals surface area contributed by atoms with Crippen LogP contribution < -0.4 is 5.73 Å². The van der Waals surface area contributed by atoms with Gasteiger partial charge in [0.1, 0.15) is 11.2 Å². The molecule has 9 heterocycles. The molecule has 3 spiro atoms. The van der Waals surface area contributed by atoms with Crippen LogP contribution in [-0.4, -0.2) is 65.1 Å². The highest BCUT2D eigenvalue weighted by atomic mass is 16.6. The number of ether oxygens (including phenoxy) is 2. The molecule has 9 aliphatic heterocycles. The Hall–Kier alpha value is -3.36. The maximum Gasteiger partial charge on any atom is 0.339 e. The summed E-state index contributed by atoms with van der Waals surface area (Å²) in [5.41, 5.74) is 12.6. The predicted molar refractivity (Wildman–Crippen MR) is 230 cm³/mol. The number of hydrogen-bond acceptors (Lipinski definition) is 8.